The Morgan fingerprint density at radius 2 is 1.50 bits per heavy atom. The van der Waals surface area contributed by atoms with E-state index in [0.717, 1.165) is 18.2 Å². The molecule has 0 aromatic heterocycles. The van der Waals surface area contributed by atoms with Crippen molar-refractivity contribution in [2.45, 2.75) is 0 Å². The van der Waals surface area contributed by atoms with Crippen LogP contribution in [0.4, 0.5) is 21.9 Å². The Bertz CT molecular complexity index is 700. The zero-order chi connectivity index (χ0) is 16.1. The first-order valence-electron chi connectivity index (χ1n) is 5.93. The van der Waals surface area contributed by atoms with Crippen molar-refractivity contribution in [2.75, 3.05) is 5.32 Å². The Kier molecular flexibility index (Phi) is 4.27. The van der Waals surface area contributed by atoms with E-state index in [1.165, 1.54) is 12.1 Å². The fourth-order valence-electron chi connectivity index (χ4n) is 1.62. The summed E-state index contributed by atoms with van der Waals surface area (Å²) in [5.41, 5.74) is -1.13. The van der Waals surface area contributed by atoms with E-state index in [-0.39, 0.29) is 11.4 Å². The predicted octanol–water partition coefficient (Wildman–Crippen LogP) is 3.11. The van der Waals surface area contributed by atoms with Gasteiger partial charge in [0.05, 0.1) is 21.6 Å². The van der Waals surface area contributed by atoms with Crippen molar-refractivity contribution in [2.24, 2.45) is 0 Å². The van der Waals surface area contributed by atoms with E-state index in [2.05, 4.69) is 5.32 Å². The van der Waals surface area contributed by atoms with Crippen LogP contribution in [0.5, 0.6) is 5.75 Å². The second-order valence-corrected chi connectivity index (χ2v) is 4.08. The molecule has 9 heteroatoms. The highest BCUT2D eigenvalue weighted by atomic mass is 16.6. The first kappa shape index (κ1) is 14.9. The SMILES string of the molecule is O=C(Nc1cc([N+](=O)[O-])cc([N+](=O)[O-])c1)Oc1ccccc1. The fraction of sp³-hybridized carbons (Fsp3) is 0. The van der Waals surface area contributed by atoms with Gasteiger partial charge >= 0.3 is 6.09 Å². The molecule has 2 aromatic carbocycles. The van der Waals surface area contributed by atoms with Gasteiger partial charge < -0.3 is 4.74 Å². The van der Waals surface area contributed by atoms with Gasteiger partial charge in [0, 0.05) is 12.1 Å². The largest absolute Gasteiger partial charge is 0.417 e. The summed E-state index contributed by atoms with van der Waals surface area (Å²) in [4.78, 5) is 31.6. The van der Waals surface area contributed by atoms with E-state index in [1.807, 2.05) is 0 Å². The number of nitro groups is 2. The average molecular weight is 303 g/mol. The maximum absolute atomic E-state index is 11.7. The van der Waals surface area contributed by atoms with Crippen LogP contribution in [-0.2, 0) is 0 Å². The molecule has 1 amide bonds. The number of para-hydroxylation sites is 1. The van der Waals surface area contributed by atoms with Crippen molar-refractivity contribution in [3.05, 3.63) is 68.8 Å². The zero-order valence-electron chi connectivity index (χ0n) is 11.0. The van der Waals surface area contributed by atoms with E-state index in [1.54, 1.807) is 18.2 Å². The number of rotatable bonds is 4. The van der Waals surface area contributed by atoms with Crippen molar-refractivity contribution in [3.8, 4) is 5.75 Å². The van der Waals surface area contributed by atoms with E-state index in [0.29, 0.717) is 0 Å². The molecule has 0 aliphatic heterocycles. The van der Waals surface area contributed by atoms with Crippen LogP contribution < -0.4 is 10.1 Å². The van der Waals surface area contributed by atoms with E-state index < -0.39 is 27.3 Å². The van der Waals surface area contributed by atoms with Gasteiger partial charge in [-0.05, 0) is 12.1 Å². The van der Waals surface area contributed by atoms with Crippen molar-refractivity contribution in [3.63, 3.8) is 0 Å². The second kappa shape index (κ2) is 6.31. The fourth-order valence-corrected chi connectivity index (χ4v) is 1.62. The molecule has 22 heavy (non-hydrogen) atoms. The number of nitrogens with zero attached hydrogens (tertiary/aromatic N) is 2. The van der Waals surface area contributed by atoms with Gasteiger partial charge in [-0.2, -0.15) is 0 Å². The van der Waals surface area contributed by atoms with E-state index >= 15 is 0 Å². The first-order chi connectivity index (χ1) is 10.5. The summed E-state index contributed by atoms with van der Waals surface area (Å²) >= 11 is 0. The topological polar surface area (TPSA) is 125 Å². The molecule has 0 saturated carbocycles. The summed E-state index contributed by atoms with van der Waals surface area (Å²) in [6.07, 6.45) is -0.916. The van der Waals surface area contributed by atoms with Crippen molar-refractivity contribution in [1.82, 2.24) is 0 Å². The number of hydrogen-bond acceptors (Lipinski definition) is 6. The van der Waals surface area contributed by atoms with Crippen molar-refractivity contribution >= 4 is 23.2 Å². The quantitative estimate of drug-likeness (QED) is 0.683. The molecule has 2 rings (SSSR count). The first-order valence-corrected chi connectivity index (χ1v) is 5.93. The van der Waals surface area contributed by atoms with Crippen LogP contribution in [0.1, 0.15) is 0 Å². The molecule has 0 atom stereocenters. The minimum absolute atomic E-state index is 0.109. The second-order valence-electron chi connectivity index (χ2n) is 4.08. The number of nitrogens with one attached hydrogen (secondary N) is 1. The van der Waals surface area contributed by atoms with Gasteiger partial charge in [0.1, 0.15) is 5.75 Å². The maximum atomic E-state index is 11.7. The van der Waals surface area contributed by atoms with Crippen LogP contribution >= 0.6 is 0 Å². The molecule has 0 aliphatic rings. The number of benzene rings is 2. The lowest BCUT2D eigenvalue weighted by atomic mass is 10.2. The molecule has 0 heterocycles. The van der Waals surface area contributed by atoms with Gasteiger partial charge in [0.25, 0.3) is 11.4 Å². The smallest absolute Gasteiger partial charge is 0.410 e. The molecule has 0 bridgehead atoms. The molecule has 0 radical (unpaired) electrons. The summed E-state index contributed by atoms with van der Waals surface area (Å²) in [5, 5.41) is 23.7. The van der Waals surface area contributed by atoms with E-state index in [9.17, 15) is 25.0 Å². The zero-order valence-corrected chi connectivity index (χ0v) is 11.0. The summed E-state index contributed by atoms with van der Waals surface area (Å²) < 4.78 is 4.93. The third-order valence-corrected chi connectivity index (χ3v) is 2.52. The van der Waals surface area contributed by atoms with Gasteiger partial charge in [-0.3, -0.25) is 25.5 Å². The Balaban J connectivity index is 2.19. The number of non-ortho nitro benzene ring substituents is 2. The highest BCUT2D eigenvalue weighted by molar-refractivity contribution is 5.87. The molecule has 0 fully saturated rings. The maximum Gasteiger partial charge on any atom is 0.417 e. The predicted molar refractivity (Wildman–Crippen MR) is 75.8 cm³/mol. The van der Waals surface area contributed by atoms with Gasteiger partial charge in [-0.25, -0.2) is 4.79 Å². The molecule has 0 spiro atoms. The average Bonchev–Trinajstić information content (AvgIpc) is 2.47. The Hall–Kier alpha value is -3.49. The number of nitro benzene ring substituents is 2. The van der Waals surface area contributed by atoms with Crippen LogP contribution in [-0.4, -0.2) is 15.9 Å². The van der Waals surface area contributed by atoms with Crippen LogP contribution in [0, 0.1) is 20.2 Å². The lowest BCUT2D eigenvalue weighted by Crippen LogP contribution is -2.16. The number of carbonyl (C=O) groups excluding carboxylic acids is 1. The molecule has 0 unspecified atom stereocenters. The Morgan fingerprint density at radius 1 is 0.955 bits per heavy atom. The minimum Gasteiger partial charge on any atom is -0.410 e. The molecule has 112 valence electrons. The van der Waals surface area contributed by atoms with Crippen molar-refractivity contribution in [1.29, 1.82) is 0 Å². The number of carbonyl (C=O) groups is 1. The molecule has 0 saturated heterocycles. The summed E-state index contributed by atoms with van der Waals surface area (Å²) in [7, 11) is 0. The van der Waals surface area contributed by atoms with Crippen LogP contribution in [0.25, 0.3) is 0 Å². The Morgan fingerprint density at radius 3 is 2.00 bits per heavy atom. The van der Waals surface area contributed by atoms with Crippen LogP contribution in [0.2, 0.25) is 0 Å². The highest BCUT2D eigenvalue weighted by Gasteiger charge is 2.18. The van der Waals surface area contributed by atoms with Gasteiger partial charge in [-0.1, -0.05) is 18.2 Å². The summed E-state index contributed by atoms with van der Waals surface area (Å²) in [6.45, 7) is 0. The molecule has 0 aliphatic carbocycles. The van der Waals surface area contributed by atoms with Crippen LogP contribution in [0.15, 0.2) is 48.5 Å². The third kappa shape index (κ3) is 3.76. The molecule has 9 nitrogen and oxygen atoms in total. The Labute approximate surface area is 123 Å². The number of amides is 1. The van der Waals surface area contributed by atoms with Crippen LogP contribution in [0.3, 0.4) is 0 Å². The number of hydrogen-bond donors (Lipinski definition) is 1. The third-order valence-electron chi connectivity index (χ3n) is 2.52. The van der Waals surface area contributed by atoms with Gasteiger partial charge in [0.15, 0.2) is 0 Å². The van der Waals surface area contributed by atoms with Crippen molar-refractivity contribution < 1.29 is 19.4 Å². The summed E-state index contributed by atoms with van der Waals surface area (Å²) in [6, 6.07) is 10.9. The lowest BCUT2D eigenvalue weighted by Gasteiger charge is -2.06. The monoisotopic (exact) mass is 303 g/mol. The van der Waals surface area contributed by atoms with Gasteiger partial charge in [0.2, 0.25) is 0 Å². The normalized spacial score (nSPS) is 9.82. The molecular weight excluding hydrogens is 294 g/mol. The van der Waals surface area contributed by atoms with E-state index in [4.69, 9.17) is 4.74 Å². The number of anilines is 1. The highest BCUT2D eigenvalue weighted by Crippen LogP contribution is 2.26. The lowest BCUT2D eigenvalue weighted by molar-refractivity contribution is -0.394. The summed E-state index contributed by atoms with van der Waals surface area (Å²) in [5.74, 6) is 0.264. The standard InChI is InChI=1S/C13H9N3O6/c17-13(22-12-4-2-1-3-5-12)14-9-6-10(15(18)19)8-11(7-9)16(20)21/h1-8H,(H,14,17). The minimum atomic E-state index is -0.916. The molecular formula is C13H9N3O6. The van der Waals surface area contributed by atoms with Gasteiger partial charge in [-0.15, -0.1) is 0 Å². The molecule has 1 N–H and O–H groups in total. The number of ether oxygens (including phenoxy) is 1. The molecule has 2 aromatic rings.